The molecule has 2 heterocycles. The molecule has 0 N–H and O–H groups in total. The Labute approximate surface area is 241 Å². The molecule has 0 unspecified atom stereocenters. The van der Waals surface area contributed by atoms with Crippen LogP contribution in [0.5, 0.6) is 5.75 Å². The van der Waals surface area contributed by atoms with E-state index in [0.29, 0.717) is 16.8 Å². The molecule has 0 bridgehead atoms. The van der Waals surface area contributed by atoms with Gasteiger partial charge in [-0.2, -0.15) is 0 Å². The summed E-state index contributed by atoms with van der Waals surface area (Å²) in [5.41, 5.74) is 0.0816. The van der Waals surface area contributed by atoms with Crippen LogP contribution in [-0.4, -0.2) is 35.4 Å². The van der Waals surface area contributed by atoms with Gasteiger partial charge < -0.3 is 9.64 Å². The van der Waals surface area contributed by atoms with E-state index in [1.165, 1.54) is 25.1 Å². The number of halogens is 1. The van der Waals surface area contributed by atoms with E-state index in [9.17, 15) is 19.2 Å². The molecule has 7 rings (SSSR count). The molecule has 1 fully saturated rings. The molecule has 2 aliphatic heterocycles. The van der Waals surface area contributed by atoms with Crippen LogP contribution in [0.3, 0.4) is 0 Å². The lowest BCUT2D eigenvalue weighted by molar-refractivity contribution is -0.131. The van der Waals surface area contributed by atoms with E-state index in [-0.39, 0.29) is 28.2 Å². The summed E-state index contributed by atoms with van der Waals surface area (Å²) in [6.45, 7) is 1.27. The lowest BCUT2D eigenvalue weighted by Gasteiger charge is -2.37. The number of anilines is 1. The summed E-state index contributed by atoms with van der Waals surface area (Å²) in [5, 5.41) is 0. The second-order valence-corrected chi connectivity index (χ2v) is 10.7. The predicted molar refractivity (Wildman–Crippen MR) is 154 cm³/mol. The lowest BCUT2D eigenvalue weighted by Crippen LogP contribution is -2.48. The van der Waals surface area contributed by atoms with Crippen molar-refractivity contribution in [3.05, 3.63) is 137 Å². The van der Waals surface area contributed by atoms with Crippen molar-refractivity contribution in [3.63, 3.8) is 0 Å². The van der Waals surface area contributed by atoms with Gasteiger partial charge in [-0.1, -0.05) is 97.1 Å². The highest BCUT2D eigenvalue weighted by molar-refractivity contribution is 6.32. The minimum absolute atomic E-state index is 0.0932. The van der Waals surface area contributed by atoms with Gasteiger partial charge >= 0.3 is 5.97 Å². The van der Waals surface area contributed by atoms with E-state index >= 15 is 4.39 Å². The van der Waals surface area contributed by atoms with Crippen molar-refractivity contribution in [2.45, 2.75) is 24.9 Å². The maximum atomic E-state index is 15.9. The fraction of sp³-hybridized carbons (Fsp3) is 0.143. The number of hydrogen-bond acceptors (Lipinski definition) is 6. The number of carbonyl (C=O) groups excluding carboxylic acids is 4. The first kappa shape index (κ1) is 25.8. The summed E-state index contributed by atoms with van der Waals surface area (Å²) < 4.78 is 21.5. The van der Waals surface area contributed by atoms with Gasteiger partial charge in [0, 0.05) is 35.1 Å². The van der Waals surface area contributed by atoms with Gasteiger partial charge in [0.1, 0.15) is 17.3 Å². The van der Waals surface area contributed by atoms with Crippen LogP contribution >= 0.6 is 0 Å². The standard InChI is InChI=1S/C35H24FNO5/c1-20(38)42-27-17-9-12-21-18-19-28-35(33(40)23-13-5-6-14-24(23)34(35)41)29(25-15-7-8-16-26(25)36)31(37(28)30(21)27)32(39)22-10-3-2-4-11-22/h2-19,28-29,31H,1H3/t28-,29-,31-/m0/s1. The average molecular weight is 558 g/mol. The summed E-state index contributed by atoms with van der Waals surface area (Å²) in [6.07, 6.45) is 3.51. The number of fused-ring (bicyclic) bond motifs is 5. The van der Waals surface area contributed by atoms with Crippen LogP contribution in [0.1, 0.15) is 55.0 Å². The summed E-state index contributed by atoms with van der Waals surface area (Å²) in [5.74, 6) is -3.53. The molecule has 0 radical (unpaired) electrons. The number of rotatable bonds is 4. The van der Waals surface area contributed by atoms with Gasteiger partial charge in [-0.15, -0.1) is 0 Å². The van der Waals surface area contributed by atoms with Gasteiger partial charge in [-0.05, 0) is 17.7 Å². The molecule has 7 heteroatoms. The smallest absolute Gasteiger partial charge is 0.308 e. The minimum Gasteiger partial charge on any atom is -0.424 e. The Morgan fingerprint density at radius 3 is 2.12 bits per heavy atom. The third kappa shape index (κ3) is 3.43. The van der Waals surface area contributed by atoms with Crippen molar-refractivity contribution in [1.29, 1.82) is 0 Å². The van der Waals surface area contributed by atoms with Crippen molar-refractivity contribution in [3.8, 4) is 5.75 Å². The molecule has 3 atom stereocenters. The van der Waals surface area contributed by atoms with E-state index < -0.39 is 46.8 Å². The Balaban J connectivity index is 1.58. The molecule has 0 amide bonds. The average Bonchev–Trinajstić information content (AvgIpc) is 3.43. The molecule has 1 spiro atoms. The number of esters is 1. The van der Waals surface area contributed by atoms with Crippen LogP contribution < -0.4 is 9.64 Å². The Bertz CT molecular complexity index is 1810. The summed E-state index contributed by atoms with van der Waals surface area (Å²) in [7, 11) is 0. The van der Waals surface area contributed by atoms with Gasteiger partial charge in [0.05, 0.1) is 11.7 Å². The number of benzene rings is 4. The van der Waals surface area contributed by atoms with Gasteiger partial charge in [0.25, 0.3) is 0 Å². The summed E-state index contributed by atoms with van der Waals surface area (Å²) >= 11 is 0. The molecule has 0 aromatic heterocycles. The Kier molecular flexibility index (Phi) is 5.80. The monoisotopic (exact) mass is 557 g/mol. The van der Waals surface area contributed by atoms with Crippen molar-refractivity contribution >= 4 is 35.1 Å². The number of ether oxygens (including phenoxy) is 1. The van der Waals surface area contributed by atoms with Gasteiger partial charge in [-0.25, -0.2) is 4.39 Å². The third-order valence-corrected chi connectivity index (χ3v) is 8.61. The van der Waals surface area contributed by atoms with Gasteiger partial charge in [-0.3, -0.25) is 19.2 Å². The fourth-order valence-electron chi connectivity index (χ4n) is 7.06. The van der Waals surface area contributed by atoms with Gasteiger partial charge in [0.2, 0.25) is 0 Å². The van der Waals surface area contributed by atoms with Gasteiger partial charge in [0.15, 0.2) is 23.1 Å². The lowest BCUT2D eigenvalue weighted by atomic mass is 9.64. The third-order valence-electron chi connectivity index (χ3n) is 8.61. The normalized spacial score (nSPS) is 21.2. The molecule has 1 aliphatic carbocycles. The number of para-hydroxylation sites is 1. The molecule has 42 heavy (non-hydrogen) atoms. The van der Waals surface area contributed by atoms with Crippen LogP contribution in [0.4, 0.5) is 10.1 Å². The SMILES string of the molecule is CC(=O)Oc1cccc2c1N1[C@H](C(=O)c3ccccc3)[C@H](c3ccccc3F)C3(C(=O)c4ccccc4C3=O)[C@@H]1C=C2. The van der Waals surface area contributed by atoms with E-state index in [1.807, 2.05) is 0 Å². The largest absolute Gasteiger partial charge is 0.424 e. The Morgan fingerprint density at radius 2 is 1.45 bits per heavy atom. The number of ketones is 3. The molecule has 3 aliphatic rings. The summed E-state index contributed by atoms with van der Waals surface area (Å²) in [6, 6.07) is 24.1. The Morgan fingerprint density at radius 1 is 0.810 bits per heavy atom. The van der Waals surface area contributed by atoms with Crippen molar-refractivity contribution in [1.82, 2.24) is 0 Å². The molecular formula is C35H24FNO5. The number of carbonyl (C=O) groups is 4. The topological polar surface area (TPSA) is 80.8 Å². The second kappa shape index (κ2) is 9.45. The molecule has 206 valence electrons. The van der Waals surface area contributed by atoms with Crippen molar-refractivity contribution in [2.75, 3.05) is 4.90 Å². The molecular weight excluding hydrogens is 533 g/mol. The molecule has 0 saturated carbocycles. The van der Waals surface area contributed by atoms with Crippen molar-refractivity contribution in [2.24, 2.45) is 5.41 Å². The second-order valence-electron chi connectivity index (χ2n) is 10.7. The Hall–Kier alpha value is -5.17. The van der Waals surface area contributed by atoms with Crippen molar-refractivity contribution < 1.29 is 28.3 Å². The van der Waals surface area contributed by atoms with E-state index in [1.54, 1.807) is 95.9 Å². The first-order chi connectivity index (χ1) is 20.4. The van der Waals surface area contributed by atoms with Crippen LogP contribution in [0, 0.1) is 11.2 Å². The highest BCUT2D eigenvalue weighted by Gasteiger charge is 2.72. The fourth-order valence-corrected chi connectivity index (χ4v) is 7.06. The maximum absolute atomic E-state index is 15.9. The molecule has 4 aromatic carbocycles. The zero-order valence-electron chi connectivity index (χ0n) is 22.5. The van der Waals surface area contributed by atoms with E-state index in [0.717, 1.165) is 0 Å². The molecule has 4 aromatic rings. The first-order valence-electron chi connectivity index (χ1n) is 13.7. The maximum Gasteiger partial charge on any atom is 0.308 e. The number of nitrogens with zero attached hydrogens (tertiary/aromatic N) is 1. The van der Waals surface area contributed by atoms with Crippen LogP contribution in [0.25, 0.3) is 6.08 Å². The van der Waals surface area contributed by atoms with Crippen LogP contribution in [0.15, 0.2) is 103 Å². The first-order valence-corrected chi connectivity index (χ1v) is 13.7. The zero-order valence-corrected chi connectivity index (χ0v) is 22.5. The highest BCUT2D eigenvalue weighted by atomic mass is 19.1. The summed E-state index contributed by atoms with van der Waals surface area (Å²) in [4.78, 5) is 57.9. The molecule has 6 nitrogen and oxygen atoms in total. The minimum atomic E-state index is -1.86. The number of hydrogen-bond donors (Lipinski definition) is 0. The highest BCUT2D eigenvalue weighted by Crippen LogP contribution is 2.62. The zero-order chi connectivity index (χ0) is 29.2. The quantitative estimate of drug-likeness (QED) is 0.131. The van der Waals surface area contributed by atoms with Crippen LogP contribution in [-0.2, 0) is 4.79 Å². The predicted octanol–water partition coefficient (Wildman–Crippen LogP) is 6.07. The number of Topliss-reactive ketones (excluding diaryl/α,β-unsaturated/α-hetero) is 3. The van der Waals surface area contributed by atoms with Crippen LogP contribution in [0.2, 0.25) is 0 Å². The van der Waals surface area contributed by atoms with E-state index in [4.69, 9.17) is 4.74 Å². The van der Waals surface area contributed by atoms with E-state index in [2.05, 4.69) is 0 Å². The molecule has 1 saturated heterocycles.